The molecule has 5 amide bonds. The van der Waals surface area contributed by atoms with Crippen LogP contribution in [0.25, 0.3) is 0 Å². The van der Waals surface area contributed by atoms with Gasteiger partial charge in [-0.3, -0.25) is 24.0 Å². The van der Waals surface area contributed by atoms with Crippen LogP contribution in [0.3, 0.4) is 0 Å². The topological polar surface area (TPSA) is 238 Å². The van der Waals surface area contributed by atoms with E-state index in [-0.39, 0.29) is 68.0 Å². The third-order valence-corrected chi connectivity index (χ3v) is 12.9. The van der Waals surface area contributed by atoms with Gasteiger partial charge in [-0.2, -0.15) is 0 Å². The fourth-order valence-electron chi connectivity index (χ4n) is 8.89. The molecule has 5 N–H and O–H groups in total. The van der Waals surface area contributed by atoms with Crippen LogP contribution in [0.1, 0.15) is 86.1 Å². The number of nitrogens with two attached hydrogens (primary N) is 1. The molecule has 0 radical (unpaired) electrons. The Kier molecular flexibility index (Phi) is 28.8. The van der Waals surface area contributed by atoms with Gasteiger partial charge >= 0.3 is 5.97 Å². The summed E-state index contributed by atoms with van der Waals surface area (Å²) in [5.41, 5.74) is 6.15. The van der Waals surface area contributed by atoms with Crippen LogP contribution in [0, 0.1) is 23.7 Å². The molecule has 9 atom stereocenters. The van der Waals surface area contributed by atoms with E-state index in [0.29, 0.717) is 72.0 Å². The number of hydrogen-bond donors (Lipinski definition) is 4. The van der Waals surface area contributed by atoms with E-state index >= 15 is 0 Å². The number of nitrogens with zero attached hydrogens (tertiary/aromatic N) is 3. The number of rotatable bonds is 35. The van der Waals surface area contributed by atoms with E-state index in [9.17, 15) is 33.9 Å². The zero-order valence-electron chi connectivity index (χ0n) is 43.3. The second-order valence-electron chi connectivity index (χ2n) is 18.6. The maximum atomic E-state index is 14.6. The fourth-order valence-corrected chi connectivity index (χ4v) is 8.89. The van der Waals surface area contributed by atoms with E-state index in [0.717, 1.165) is 5.56 Å². The van der Waals surface area contributed by atoms with Crippen LogP contribution in [-0.2, 0) is 63.6 Å². The molecule has 69 heavy (non-hydrogen) atoms. The van der Waals surface area contributed by atoms with Crippen LogP contribution in [0.4, 0.5) is 0 Å². The summed E-state index contributed by atoms with van der Waals surface area (Å²) in [5, 5.41) is 15.6. The van der Waals surface area contributed by atoms with Crippen molar-refractivity contribution >= 4 is 35.5 Å². The lowest BCUT2D eigenvalue weighted by molar-refractivity contribution is -0.149. The Bertz CT molecular complexity index is 1690. The van der Waals surface area contributed by atoms with E-state index in [2.05, 4.69) is 10.6 Å². The number of carboxylic acid groups (broad SMARTS) is 1. The molecule has 1 saturated heterocycles. The molecule has 0 spiro atoms. The molecule has 2 rings (SSSR count). The highest BCUT2D eigenvalue weighted by Gasteiger charge is 2.44. The first-order chi connectivity index (χ1) is 32.9. The molecular weight excluding hydrogens is 893 g/mol. The normalized spacial score (nSPS) is 17.4. The summed E-state index contributed by atoms with van der Waals surface area (Å²) in [6, 6.07) is 5.01. The number of ether oxygens (including phenoxy) is 6. The van der Waals surface area contributed by atoms with Gasteiger partial charge in [0.2, 0.25) is 29.5 Å². The fraction of sp³-hybridized carbons (Fsp3) is 0.760. The first kappa shape index (κ1) is 60.9. The number of carbonyl (C=O) groups excluding carboxylic acids is 5. The van der Waals surface area contributed by atoms with Gasteiger partial charge in [0.05, 0.1) is 95.9 Å². The van der Waals surface area contributed by atoms with E-state index < -0.39 is 66.1 Å². The molecule has 0 saturated carbocycles. The van der Waals surface area contributed by atoms with Gasteiger partial charge in [-0.15, -0.1) is 0 Å². The molecule has 19 nitrogen and oxygen atoms in total. The molecule has 1 aromatic carbocycles. The lowest BCUT2D eigenvalue weighted by Crippen LogP contribution is -2.60. The number of carbonyl (C=O) groups is 6. The van der Waals surface area contributed by atoms with E-state index in [1.54, 1.807) is 55.1 Å². The Morgan fingerprint density at radius 3 is 1.87 bits per heavy atom. The molecule has 0 aromatic heterocycles. The first-order valence-corrected chi connectivity index (χ1v) is 24.6. The van der Waals surface area contributed by atoms with Gasteiger partial charge in [0.15, 0.2) is 0 Å². The maximum Gasteiger partial charge on any atom is 0.326 e. The summed E-state index contributed by atoms with van der Waals surface area (Å²) >= 11 is 0. The van der Waals surface area contributed by atoms with Gasteiger partial charge in [0, 0.05) is 47.8 Å². The second-order valence-corrected chi connectivity index (χ2v) is 18.6. The number of nitrogens with one attached hydrogen (secondary N) is 2. The summed E-state index contributed by atoms with van der Waals surface area (Å²) in [6.07, 6.45) is 0.499. The van der Waals surface area contributed by atoms with Gasteiger partial charge in [0.25, 0.3) is 0 Å². The van der Waals surface area contributed by atoms with Gasteiger partial charge in [-0.25, -0.2) is 4.79 Å². The monoisotopic (exact) mass is 979 g/mol. The third kappa shape index (κ3) is 19.8. The van der Waals surface area contributed by atoms with Crippen LogP contribution in [0.2, 0.25) is 0 Å². The largest absolute Gasteiger partial charge is 0.480 e. The summed E-state index contributed by atoms with van der Waals surface area (Å²) in [7, 11) is 6.22. The van der Waals surface area contributed by atoms with Gasteiger partial charge in [-0.05, 0) is 36.2 Å². The Hall–Kier alpha value is -4.24. The number of hydrogen-bond acceptors (Lipinski definition) is 13. The number of aliphatic carboxylic acids is 1. The van der Waals surface area contributed by atoms with Crippen molar-refractivity contribution in [2.45, 2.75) is 129 Å². The average Bonchev–Trinajstić information content (AvgIpc) is 3.81. The quantitative estimate of drug-likeness (QED) is 0.0717. The van der Waals surface area contributed by atoms with E-state index in [4.69, 9.17) is 34.2 Å². The smallest absolute Gasteiger partial charge is 0.326 e. The molecule has 1 heterocycles. The number of benzene rings is 1. The minimum absolute atomic E-state index is 0.0446. The number of methoxy groups -OCH3 is 2. The van der Waals surface area contributed by atoms with Crippen LogP contribution in [-0.4, -0.2) is 192 Å². The zero-order chi connectivity index (χ0) is 51.6. The van der Waals surface area contributed by atoms with Crippen LogP contribution >= 0.6 is 0 Å². The summed E-state index contributed by atoms with van der Waals surface area (Å²) in [4.78, 5) is 86.8. The molecule has 19 heteroatoms. The van der Waals surface area contributed by atoms with E-state index in [1.165, 1.54) is 19.1 Å². The molecule has 0 unspecified atom stereocenters. The molecule has 1 aromatic rings. The van der Waals surface area contributed by atoms with Crippen LogP contribution < -0.4 is 16.4 Å². The van der Waals surface area contributed by atoms with E-state index in [1.807, 2.05) is 47.6 Å². The average molecular weight is 979 g/mol. The van der Waals surface area contributed by atoms with Crippen molar-refractivity contribution < 1.29 is 62.3 Å². The Labute approximate surface area is 411 Å². The van der Waals surface area contributed by atoms with Crippen molar-refractivity contribution in [2.24, 2.45) is 29.4 Å². The van der Waals surface area contributed by atoms with Crippen molar-refractivity contribution in [1.82, 2.24) is 25.3 Å². The number of likely N-dealkylation sites (tertiary alicyclic amines) is 1. The lowest BCUT2D eigenvalue weighted by Gasteiger charge is -2.41. The minimum Gasteiger partial charge on any atom is -0.480 e. The van der Waals surface area contributed by atoms with Crippen molar-refractivity contribution in [3.63, 3.8) is 0 Å². The minimum atomic E-state index is -1.16. The maximum absolute atomic E-state index is 14.6. The van der Waals surface area contributed by atoms with Crippen molar-refractivity contribution in [2.75, 3.05) is 94.3 Å². The van der Waals surface area contributed by atoms with Crippen LogP contribution in [0.15, 0.2) is 30.3 Å². The SMILES string of the molecule is CC[C@H](C)[C@@H]([C@@H](CC(=O)N1CCC[C@H]1[C@H](OC)[C@@H](C)C(=O)N[C@@H](Cc1ccccc1)C(=O)O)OC)N(C)C(=O)[C@@H](NC(=O)[C@H](C(C)C)N(C)C(=O)CCOCCOCCOCCOCCN)C(C)C. The molecule has 1 aliphatic rings. The van der Waals surface area contributed by atoms with Crippen LogP contribution in [0.5, 0.6) is 0 Å². The van der Waals surface area contributed by atoms with Gasteiger partial charge < -0.3 is 64.6 Å². The number of amides is 5. The lowest BCUT2D eigenvalue weighted by atomic mass is 9.89. The van der Waals surface area contributed by atoms with Gasteiger partial charge in [0.1, 0.15) is 18.1 Å². The number of carboxylic acids is 1. The molecule has 1 fully saturated rings. The van der Waals surface area contributed by atoms with Crippen molar-refractivity contribution in [3.8, 4) is 0 Å². The highest BCUT2D eigenvalue weighted by atomic mass is 16.6. The zero-order valence-corrected chi connectivity index (χ0v) is 43.3. The Morgan fingerprint density at radius 1 is 0.783 bits per heavy atom. The highest BCUT2D eigenvalue weighted by molar-refractivity contribution is 5.92. The summed E-state index contributed by atoms with van der Waals surface area (Å²) < 4.78 is 33.7. The molecule has 394 valence electrons. The Balaban J connectivity index is 2.11. The Morgan fingerprint density at radius 2 is 1.36 bits per heavy atom. The molecule has 0 bridgehead atoms. The van der Waals surface area contributed by atoms with Crippen molar-refractivity contribution in [3.05, 3.63) is 35.9 Å². The summed E-state index contributed by atoms with van der Waals surface area (Å²) in [6.45, 7) is 16.9. The predicted molar refractivity (Wildman–Crippen MR) is 261 cm³/mol. The highest BCUT2D eigenvalue weighted by Crippen LogP contribution is 2.30. The van der Waals surface area contributed by atoms with Crippen molar-refractivity contribution in [1.29, 1.82) is 0 Å². The molecule has 1 aliphatic heterocycles. The second kappa shape index (κ2) is 32.6. The third-order valence-electron chi connectivity index (χ3n) is 12.9. The molecule has 0 aliphatic carbocycles. The first-order valence-electron chi connectivity index (χ1n) is 24.6. The summed E-state index contributed by atoms with van der Waals surface area (Å²) in [5.74, 6) is -4.55. The molecular formula is C50H86N6O13. The standard InChI is InChI=1S/C50H86N6O13/c1-12-35(6)45(40(64-10)32-42(58)56-22-16-19-39(56)46(65-11)36(7)47(59)52-38(50(62)63)31-37-17-14-13-15-18-37)55(9)49(61)43(33(2)3)53-48(60)44(34(4)5)54(8)41(57)20-23-66-25-27-68-29-30-69-28-26-67-24-21-51/h13-15,17-18,33-36,38-40,43-46H,12,16,19-32,51H2,1-11H3,(H,52,59)(H,53,60)(H,62,63)/t35-,36+,38-,39-,40+,43-,44-,45-,46+/m0/s1. The van der Waals surface area contributed by atoms with Gasteiger partial charge in [-0.1, -0.05) is 85.2 Å². The number of likely N-dealkylation sites (N-methyl/N-ethyl adjacent to an activating group) is 2. The predicted octanol–water partition coefficient (Wildman–Crippen LogP) is 2.76.